The molecule has 34 heavy (non-hydrogen) atoms. The van der Waals surface area contributed by atoms with Crippen LogP contribution in [0.25, 0.3) is 27.0 Å². The van der Waals surface area contributed by atoms with Gasteiger partial charge in [-0.2, -0.15) is 5.10 Å². The van der Waals surface area contributed by atoms with E-state index < -0.39 is 11.6 Å². The summed E-state index contributed by atoms with van der Waals surface area (Å²) < 4.78 is 35.3. The number of fused-ring (bicyclic) bond motifs is 3. The van der Waals surface area contributed by atoms with E-state index in [2.05, 4.69) is 20.3 Å². The Morgan fingerprint density at radius 3 is 2.91 bits per heavy atom. The number of hydrogen-bond donors (Lipinski definition) is 1. The molecule has 0 aliphatic carbocycles. The van der Waals surface area contributed by atoms with Crippen LogP contribution in [0.15, 0.2) is 42.7 Å². The molecule has 1 saturated heterocycles. The third kappa shape index (κ3) is 3.82. The Hall–Kier alpha value is -3.37. The van der Waals surface area contributed by atoms with Gasteiger partial charge in [0.15, 0.2) is 11.6 Å². The largest absolute Gasteiger partial charge is 0.491 e. The second kappa shape index (κ2) is 8.77. The summed E-state index contributed by atoms with van der Waals surface area (Å²) in [4.78, 5) is 13.6. The van der Waals surface area contributed by atoms with Gasteiger partial charge in [-0.1, -0.05) is 0 Å². The number of anilines is 1. The molecule has 10 heteroatoms. The summed E-state index contributed by atoms with van der Waals surface area (Å²) in [5.41, 5.74) is 2.07. The van der Waals surface area contributed by atoms with E-state index in [-0.39, 0.29) is 5.69 Å². The summed E-state index contributed by atoms with van der Waals surface area (Å²) in [6.45, 7) is 4.35. The number of aromatic nitrogens is 4. The fourth-order valence-corrected chi connectivity index (χ4v) is 5.59. The standard InChI is InChI=1S/C24H22F2N6OS/c25-16-2-3-18(17(26)13-16)32-24(28-14-29-32)20-12-15-6-11-33-19-4-5-21(30-22(19)23(15)34-20)31-9-1-7-27-8-10-31/h2-5,12-14,27H,1,6-11H2. The van der Waals surface area contributed by atoms with E-state index in [1.54, 1.807) is 0 Å². The lowest BCUT2D eigenvalue weighted by atomic mass is 10.1. The number of nitrogens with zero attached hydrogens (tertiary/aromatic N) is 5. The van der Waals surface area contributed by atoms with Crippen molar-refractivity contribution in [1.29, 1.82) is 0 Å². The zero-order valence-electron chi connectivity index (χ0n) is 18.3. The average Bonchev–Trinajstić information content (AvgIpc) is 3.33. The molecule has 3 aromatic heterocycles. The van der Waals surface area contributed by atoms with Crippen molar-refractivity contribution in [3.8, 4) is 32.7 Å². The van der Waals surface area contributed by atoms with Gasteiger partial charge in [0.1, 0.15) is 35.1 Å². The minimum Gasteiger partial charge on any atom is -0.491 e. The number of hydrogen-bond acceptors (Lipinski definition) is 7. The van der Waals surface area contributed by atoms with Crippen LogP contribution >= 0.6 is 11.3 Å². The van der Waals surface area contributed by atoms with E-state index in [1.807, 2.05) is 18.2 Å². The number of ether oxygens (including phenoxy) is 1. The molecule has 0 spiro atoms. The molecule has 6 rings (SSSR count). The minimum absolute atomic E-state index is 0.149. The molecule has 1 aromatic carbocycles. The molecule has 0 atom stereocenters. The van der Waals surface area contributed by atoms with Gasteiger partial charge < -0.3 is 15.0 Å². The lowest BCUT2D eigenvalue weighted by Crippen LogP contribution is -2.28. The summed E-state index contributed by atoms with van der Waals surface area (Å²) in [6.07, 6.45) is 3.17. The van der Waals surface area contributed by atoms with Gasteiger partial charge in [0, 0.05) is 32.1 Å². The predicted octanol–water partition coefficient (Wildman–Crippen LogP) is 4.07. The Bertz CT molecular complexity index is 1350. The van der Waals surface area contributed by atoms with Gasteiger partial charge in [-0.25, -0.2) is 23.4 Å². The monoisotopic (exact) mass is 480 g/mol. The van der Waals surface area contributed by atoms with E-state index in [0.717, 1.165) is 77.7 Å². The third-order valence-corrected chi connectivity index (χ3v) is 7.25. The number of halogens is 2. The number of thiophene rings is 1. The van der Waals surface area contributed by atoms with Crippen molar-refractivity contribution in [2.24, 2.45) is 0 Å². The highest BCUT2D eigenvalue weighted by Crippen LogP contribution is 2.43. The molecule has 1 N–H and O–H groups in total. The van der Waals surface area contributed by atoms with Crippen molar-refractivity contribution in [2.75, 3.05) is 37.7 Å². The van der Waals surface area contributed by atoms with E-state index in [9.17, 15) is 8.78 Å². The molecule has 2 aliphatic heterocycles. The average molecular weight is 481 g/mol. The molecule has 0 radical (unpaired) electrons. The van der Waals surface area contributed by atoms with Gasteiger partial charge in [0.2, 0.25) is 0 Å². The smallest absolute Gasteiger partial charge is 0.173 e. The first kappa shape index (κ1) is 21.2. The van der Waals surface area contributed by atoms with Crippen LogP contribution in [0.2, 0.25) is 0 Å². The maximum atomic E-state index is 14.5. The van der Waals surface area contributed by atoms with Crippen LogP contribution in [0.4, 0.5) is 14.6 Å². The van der Waals surface area contributed by atoms with Crippen LogP contribution in [-0.4, -0.2) is 52.5 Å². The van der Waals surface area contributed by atoms with Gasteiger partial charge in [0.25, 0.3) is 0 Å². The molecule has 0 saturated carbocycles. The first-order valence-corrected chi connectivity index (χ1v) is 12.1. The molecule has 0 bridgehead atoms. The van der Waals surface area contributed by atoms with Crippen molar-refractivity contribution in [2.45, 2.75) is 12.8 Å². The minimum atomic E-state index is -0.693. The second-order valence-electron chi connectivity index (χ2n) is 8.26. The van der Waals surface area contributed by atoms with Crippen molar-refractivity contribution in [3.05, 3.63) is 59.9 Å². The normalized spacial score (nSPS) is 15.8. The first-order valence-electron chi connectivity index (χ1n) is 11.3. The van der Waals surface area contributed by atoms with Gasteiger partial charge in [-0.05, 0) is 48.9 Å². The van der Waals surface area contributed by atoms with Crippen molar-refractivity contribution >= 4 is 17.2 Å². The molecule has 2 aliphatic rings. The maximum Gasteiger partial charge on any atom is 0.173 e. The number of benzene rings is 1. The number of pyridine rings is 1. The Labute approximate surface area is 199 Å². The highest BCUT2D eigenvalue weighted by molar-refractivity contribution is 7.19. The highest BCUT2D eigenvalue weighted by Gasteiger charge is 2.24. The molecule has 7 nitrogen and oxygen atoms in total. The zero-order valence-corrected chi connectivity index (χ0v) is 19.1. The fraction of sp³-hybridized carbons (Fsp3) is 0.292. The van der Waals surface area contributed by atoms with E-state index in [0.29, 0.717) is 12.4 Å². The molecule has 5 heterocycles. The summed E-state index contributed by atoms with van der Waals surface area (Å²) in [6, 6.07) is 9.50. The van der Waals surface area contributed by atoms with Crippen LogP contribution < -0.4 is 15.0 Å². The Morgan fingerprint density at radius 2 is 2.00 bits per heavy atom. The molecule has 0 amide bonds. The van der Waals surface area contributed by atoms with E-state index >= 15 is 0 Å². The highest BCUT2D eigenvalue weighted by atomic mass is 32.1. The Morgan fingerprint density at radius 1 is 1.06 bits per heavy atom. The molecule has 174 valence electrons. The predicted molar refractivity (Wildman–Crippen MR) is 127 cm³/mol. The van der Waals surface area contributed by atoms with Gasteiger partial charge in [0.05, 0.1) is 16.4 Å². The van der Waals surface area contributed by atoms with Crippen LogP contribution in [0.3, 0.4) is 0 Å². The molecular formula is C24H22F2N6OS. The molecule has 0 unspecified atom stereocenters. The van der Waals surface area contributed by atoms with Crippen LogP contribution in [-0.2, 0) is 6.42 Å². The van der Waals surface area contributed by atoms with E-state index in [4.69, 9.17) is 9.72 Å². The van der Waals surface area contributed by atoms with Crippen molar-refractivity contribution < 1.29 is 13.5 Å². The van der Waals surface area contributed by atoms with E-state index in [1.165, 1.54) is 34.5 Å². The fourth-order valence-electron chi connectivity index (χ4n) is 4.40. The molecular weight excluding hydrogens is 458 g/mol. The number of nitrogens with one attached hydrogen (secondary N) is 1. The topological polar surface area (TPSA) is 68.1 Å². The molecule has 1 fully saturated rings. The van der Waals surface area contributed by atoms with Gasteiger partial charge >= 0.3 is 0 Å². The summed E-state index contributed by atoms with van der Waals surface area (Å²) in [5, 5.41) is 7.63. The summed E-state index contributed by atoms with van der Waals surface area (Å²) in [5.74, 6) is 0.868. The van der Waals surface area contributed by atoms with Crippen LogP contribution in [0.5, 0.6) is 5.75 Å². The van der Waals surface area contributed by atoms with Gasteiger partial charge in [-0.3, -0.25) is 0 Å². The number of rotatable bonds is 3. The van der Waals surface area contributed by atoms with Crippen molar-refractivity contribution in [1.82, 2.24) is 25.1 Å². The van der Waals surface area contributed by atoms with Crippen molar-refractivity contribution in [3.63, 3.8) is 0 Å². The lowest BCUT2D eigenvalue weighted by molar-refractivity contribution is 0.325. The molecule has 4 aromatic rings. The second-order valence-corrected chi connectivity index (χ2v) is 9.31. The van der Waals surface area contributed by atoms with Crippen LogP contribution in [0.1, 0.15) is 12.0 Å². The van der Waals surface area contributed by atoms with Gasteiger partial charge in [-0.15, -0.1) is 11.3 Å². The Balaban J connectivity index is 1.41. The SMILES string of the molecule is Fc1ccc(-n2ncnc2-c2cc3c(s2)-c2nc(N4CCCNCC4)ccc2OCC3)c(F)c1. The Kier molecular flexibility index (Phi) is 5.46. The quantitative estimate of drug-likeness (QED) is 0.477. The van der Waals surface area contributed by atoms with Crippen LogP contribution in [0, 0.1) is 11.6 Å². The third-order valence-electron chi connectivity index (χ3n) is 6.07. The summed E-state index contributed by atoms with van der Waals surface area (Å²) in [7, 11) is 0. The zero-order chi connectivity index (χ0) is 23.1. The maximum absolute atomic E-state index is 14.5. The summed E-state index contributed by atoms with van der Waals surface area (Å²) >= 11 is 1.53. The lowest BCUT2D eigenvalue weighted by Gasteiger charge is -2.22. The first-order chi connectivity index (χ1) is 16.7.